The van der Waals surface area contributed by atoms with E-state index in [1.54, 1.807) is 0 Å². The fourth-order valence-electron chi connectivity index (χ4n) is 9.55. The zero-order valence-corrected chi connectivity index (χ0v) is 45.0. The molecule has 0 radical (unpaired) electrons. The summed E-state index contributed by atoms with van der Waals surface area (Å²) in [7, 11) is 0. The van der Waals surface area contributed by atoms with Gasteiger partial charge < -0.3 is 15.5 Å². The quantitative estimate of drug-likeness (QED) is 0.0420. The predicted octanol–water partition coefficient (Wildman–Crippen LogP) is 20.0. The summed E-state index contributed by atoms with van der Waals surface area (Å²) < 4.78 is 0. The Morgan fingerprint density at radius 2 is 0.621 bits per heavy atom. The van der Waals surface area contributed by atoms with E-state index in [9.17, 15) is 15.0 Å². The average Bonchev–Trinajstić information content (AvgIpc) is 3.32. The SMILES string of the molecule is CCCCCCC/C=C\C/C=C\C/C=C\CCCCCCCCCCCCC(=O)NC(CO)C(O)CCCCCCCCCCCCCCCCCCCCCCCCCCCCCCC. The molecular formula is C62H119NO3. The Morgan fingerprint density at radius 1 is 0.364 bits per heavy atom. The first kappa shape index (κ1) is 64.6. The van der Waals surface area contributed by atoms with Crippen LogP contribution in [0.4, 0.5) is 0 Å². The third-order valence-electron chi connectivity index (χ3n) is 14.2. The number of hydrogen-bond donors (Lipinski definition) is 3. The number of unbranched alkanes of at least 4 members (excludes halogenated alkanes) is 43. The van der Waals surface area contributed by atoms with E-state index in [1.165, 1.54) is 270 Å². The molecule has 1 amide bonds. The molecule has 0 aliphatic rings. The Labute approximate surface area is 414 Å². The Bertz CT molecular complexity index is 1010. The van der Waals surface area contributed by atoms with E-state index in [1.807, 2.05) is 0 Å². The molecule has 390 valence electrons. The summed E-state index contributed by atoms with van der Waals surface area (Å²) in [5.41, 5.74) is 0. The second-order valence-electron chi connectivity index (χ2n) is 20.8. The molecule has 2 unspecified atom stereocenters. The summed E-state index contributed by atoms with van der Waals surface area (Å²) in [6, 6.07) is -0.540. The minimum atomic E-state index is -0.663. The molecule has 0 bridgehead atoms. The molecule has 3 N–H and O–H groups in total. The van der Waals surface area contributed by atoms with Crippen LogP contribution >= 0.6 is 0 Å². The van der Waals surface area contributed by atoms with Gasteiger partial charge in [-0.1, -0.05) is 314 Å². The van der Waals surface area contributed by atoms with E-state index in [0.717, 1.165) is 38.5 Å². The van der Waals surface area contributed by atoms with E-state index in [4.69, 9.17) is 0 Å². The van der Waals surface area contributed by atoms with Crippen molar-refractivity contribution < 1.29 is 15.0 Å². The van der Waals surface area contributed by atoms with E-state index in [2.05, 4.69) is 55.6 Å². The van der Waals surface area contributed by atoms with E-state index >= 15 is 0 Å². The number of hydrogen-bond acceptors (Lipinski definition) is 3. The van der Waals surface area contributed by atoms with Crippen molar-refractivity contribution in [3.8, 4) is 0 Å². The van der Waals surface area contributed by atoms with Gasteiger partial charge in [-0.15, -0.1) is 0 Å². The van der Waals surface area contributed by atoms with Crippen molar-refractivity contribution in [3.05, 3.63) is 36.5 Å². The second kappa shape index (κ2) is 57.9. The summed E-state index contributed by atoms with van der Waals surface area (Å²) in [4.78, 5) is 12.5. The maximum Gasteiger partial charge on any atom is 0.220 e. The highest BCUT2D eigenvalue weighted by Crippen LogP contribution is 2.18. The third-order valence-corrected chi connectivity index (χ3v) is 14.2. The lowest BCUT2D eigenvalue weighted by atomic mass is 10.0. The van der Waals surface area contributed by atoms with Crippen LogP contribution in [0.3, 0.4) is 0 Å². The molecule has 2 atom stereocenters. The Balaban J connectivity index is 3.44. The molecule has 0 fully saturated rings. The maximum atomic E-state index is 12.5. The lowest BCUT2D eigenvalue weighted by Crippen LogP contribution is -2.45. The Morgan fingerprint density at radius 3 is 0.924 bits per heavy atom. The monoisotopic (exact) mass is 926 g/mol. The first-order valence-corrected chi connectivity index (χ1v) is 30.2. The normalized spacial score (nSPS) is 13.0. The summed E-state index contributed by atoms with van der Waals surface area (Å²) >= 11 is 0. The van der Waals surface area contributed by atoms with Crippen molar-refractivity contribution in [2.24, 2.45) is 0 Å². The molecule has 0 rings (SSSR count). The number of nitrogens with one attached hydrogen (secondary N) is 1. The number of allylic oxidation sites excluding steroid dienone is 6. The highest BCUT2D eigenvalue weighted by atomic mass is 16.3. The zero-order chi connectivity index (χ0) is 47.7. The van der Waals surface area contributed by atoms with E-state index in [-0.39, 0.29) is 12.5 Å². The van der Waals surface area contributed by atoms with Gasteiger partial charge in [0.05, 0.1) is 18.8 Å². The van der Waals surface area contributed by atoms with Gasteiger partial charge in [0.1, 0.15) is 0 Å². The second-order valence-corrected chi connectivity index (χ2v) is 20.8. The average molecular weight is 927 g/mol. The van der Waals surface area contributed by atoms with Crippen molar-refractivity contribution in [3.63, 3.8) is 0 Å². The standard InChI is InChI=1S/C62H119NO3/c1-3-5-7-9-11-13-15-17-19-21-23-25-27-29-30-31-32-34-35-37-39-41-43-45-47-49-51-53-55-57-61(65)60(59-64)63-62(66)58-56-54-52-50-48-46-44-42-40-38-36-33-28-26-24-22-20-18-16-14-12-10-8-6-4-2/h16,18,22,24,28,33,60-61,64-65H,3-15,17,19-21,23,25-27,29-32,34-59H2,1-2H3,(H,63,66)/b18-16-,24-22-,33-28-. The molecule has 0 spiro atoms. The van der Waals surface area contributed by atoms with Crippen molar-refractivity contribution in [1.29, 1.82) is 0 Å². The Kier molecular flexibility index (Phi) is 56.7. The van der Waals surface area contributed by atoms with Crippen molar-refractivity contribution in [1.82, 2.24) is 5.32 Å². The number of carbonyl (C=O) groups excluding carboxylic acids is 1. The largest absolute Gasteiger partial charge is 0.394 e. The first-order valence-electron chi connectivity index (χ1n) is 30.2. The molecule has 0 aliphatic carbocycles. The molecule has 4 nitrogen and oxygen atoms in total. The fraction of sp³-hybridized carbons (Fsp3) is 0.887. The highest BCUT2D eigenvalue weighted by molar-refractivity contribution is 5.76. The molecule has 0 aromatic heterocycles. The molecular weight excluding hydrogens is 807 g/mol. The minimum absolute atomic E-state index is 0.0310. The van der Waals surface area contributed by atoms with E-state index < -0.39 is 12.1 Å². The zero-order valence-electron chi connectivity index (χ0n) is 45.0. The molecule has 0 saturated carbocycles. The van der Waals surface area contributed by atoms with Gasteiger partial charge in [0.15, 0.2) is 0 Å². The number of amides is 1. The van der Waals surface area contributed by atoms with Crippen LogP contribution in [0.1, 0.15) is 335 Å². The van der Waals surface area contributed by atoms with Crippen molar-refractivity contribution in [2.75, 3.05) is 6.61 Å². The van der Waals surface area contributed by atoms with Crippen molar-refractivity contribution in [2.45, 2.75) is 347 Å². The van der Waals surface area contributed by atoms with Crippen LogP contribution in [-0.4, -0.2) is 34.9 Å². The lowest BCUT2D eigenvalue weighted by Gasteiger charge is -2.22. The van der Waals surface area contributed by atoms with Crippen LogP contribution in [0.15, 0.2) is 36.5 Å². The molecule has 0 saturated heterocycles. The fourth-order valence-corrected chi connectivity index (χ4v) is 9.55. The van der Waals surface area contributed by atoms with Gasteiger partial charge in [-0.25, -0.2) is 0 Å². The van der Waals surface area contributed by atoms with Crippen molar-refractivity contribution >= 4 is 5.91 Å². The van der Waals surface area contributed by atoms with Gasteiger partial charge in [0.25, 0.3) is 0 Å². The molecule has 4 heteroatoms. The number of rotatable bonds is 56. The van der Waals surface area contributed by atoms with Gasteiger partial charge in [-0.05, 0) is 51.4 Å². The van der Waals surface area contributed by atoms with E-state index in [0.29, 0.717) is 12.8 Å². The summed E-state index contributed by atoms with van der Waals surface area (Å²) in [5, 5.41) is 23.4. The predicted molar refractivity (Wildman–Crippen MR) is 295 cm³/mol. The summed E-state index contributed by atoms with van der Waals surface area (Å²) in [5.74, 6) is -0.0310. The van der Waals surface area contributed by atoms with Crippen LogP contribution in [0.5, 0.6) is 0 Å². The van der Waals surface area contributed by atoms with Gasteiger partial charge in [0, 0.05) is 6.42 Å². The molecule has 0 aromatic rings. The minimum Gasteiger partial charge on any atom is -0.394 e. The number of aliphatic hydroxyl groups excluding tert-OH is 2. The first-order chi connectivity index (χ1) is 32.7. The topological polar surface area (TPSA) is 69.6 Å². The van der Waals surface area contributed by atoms with Crippen LogP contribution in [0, 0.1) is 0 Å². The van der Waals surface area contributed by atoms with Gasteiger partial charge >= 0.3 is 0 Å². The van der Waals surface area contributed by atoms with Crippen LogP contribution in [0.2, 0.25) is 0 Å². The molecule has 0 aliphatic heterocycles. The summed E-state index contributed by atoms with van der Waals surface area (Å²) in [6.07, 6.45) is 78.6. The van der Waals surface area contributed by atoms with Gasteiger partial charge in [-0.3, -0.25) is 4.79 Å². The molecule has 0 heterocycles. The number of carbonyl (C=O) groups is 1. The maximum absolute atomic E-state index is 12.5. The summed E-state index contributed by atoms with van der Waals surface area (Å²) in [6.45, 7) is 4.38. The third kappa shape index (κ3) is 53.6. The lowest BCUT2D eigenvalue weighted by molar-refractivity contribution is -0.123. The van der Waals surface area contributed by atoms with Crippen LogP contribution in [0.25, 0.3) is 0 Å². The Hall–Kier alpha value is -1.39. The molecule has 0 aromatic carbocycles. The number of aliphatic hydroxyl groups is 2. The van der Waals surface area contributed by atoms with Crippen LogP contribution < -0.4 is 5.32 Å². The van der Waals surface area contributed by atoms with Gasteiger partial charge in [0.2, 0.25) is 5.91 Å². The molecule has 66 heavy (non-hydrogen) atoms. The van der Waals surface area contributed by atoms with Crippen LogP contribution in [-0.2, 0) is 4.79 Å². The smallest absolute Gasteiger partial charge is 0.220 e. The van der Waals surface area contributed by atoms with Gasteiger partial charge in [-0.2, -0.15) is 0 Å². The highest BCUT2D eigenvalue weighted by Gasteiger charge is 2.20.